The molecule has 6 rings (SSSR count). The molecule has 1 aromatic carbocycles. The van der Waals surface area contributed by atoms with Crippen LogP contribution in [-0.4, -0.2) is 73.2 Å². The number of carbonyl (C=O) groups excluding carboxylic acids is 1. The van der Waals surface area contributed by atoms with E-state index in [9.17, 15) is 4.79 Å². The Morgan fingerprint density at radius 2 is 1.90 bits per heavy atom. The highest BCUT2D eigenvalue weighted by molar-refractivity contribution is 6.00. The fraction of sp³-hybridized carbons (Fsp3) is 0.633. The van der Waals surface area contributed by atoms with Gasteiger partial charge in [0.1, 0.15) is 11.4 Å². The number of anilines is 4. The molecule has 2 saturated carbocycles. The van der Waals surface area contributed by atoms with Gasteiger partial charge in [-0.15, -0.1) is 0 Å². The van der Waals surface area contributed by atoms with Crippen molar-refractivity contribution in [3.05, 3.63) is 30.0 Å². The van der Waals surface area contributed by atoms with Crippen LogP contribution >= 0.6 is 0 Å². The van der Waals surface area contributed by atoms with Crippen molar-refractivity contribution < 1.29 is 9.53 Å². The summed E-state index contributed by atoms with van der Waals surface area (Å²) in [5.74, 6) is 3.15. The van der Waals surface area contributed by atoms with E-state index in [1.54, 1.807) is 18.2 Å². The summed E-state index contributed by atoms with van der Waals surface area (Å²) in [5, 5.41) is 7.08. The largest absolute Gasteiger partial charge is 0.495 e. The van der Waals surface area contributed by atoms with E-state index in [4.69, 9.17) is 9.72 Å². The normalized spacial score (nSPS) is 22.0. The van der Waals surface area contributed by atoms with Crippen LogP contribution < -0.4 is 25.2 Å². The molecule has 39 heavy (non-hydrogen) atoms. The monoisotopic (exact) mass is 533 g/mol. The SMILES string of the molecule is COc1cc(CNC2CN(CC3CC3)C2)ccc1Nc1ncc2c(n1)N(C1CCCC1)CC(C)(C)C(=O)N2C. The minimum atomic E-state index is -0.506. The van der Waals surface area contributed by atoms with Crippen LogP contribution in [0.1, 0.15) is 57.9 Å². The fourth-order valence-electron chi connectivity index (χ4n) is 6.37. The Morgan fingerprint density at radius 1 is 1.13 bits per heavy atom. The minimum absolute atomic E-state index is 0.0944. The molecule has 0 spiro atoms. The lowest BCUT2D eigenvalue weighted by molar-refractivity contribution is -0.125. The topological polar surface area (TPSA) is 85.9 Å². The number of nitrogens with one attached hydrogen (secondary N) is 2. The number of amides is 1. The first-order valence-electron chi connectivity index (χ1n) is 14.6. The van der Waals surface area contributed by atoms with Crippen molar-refractivity contribution in [1.29, 1.82) is 0 Å². The fourth-order valence-corrected chi connectivity index (χ4v) is 6.37. The van der Waals surface area contributed by atoms with Gasteiger partial charge in [0.25, 0.3) is 0 Å². The zero-order valence-electron chi connectivity index (χ0n) is 23.9. The minimum Gasteiger partial charge on any atom is -0.495 e. The highest BCUT2D eigenvalue weighted by atomic mass is 16.5. The summed E-state index contributed by atoms with van der Waals surface area (Å²) in [6.07, 6.45) is 9.30. The van der Waals surface area contributed by atoms with Gasteiger partial charge in [0.05, 0.1) is 24.4 Å². The molecule has 0 atom stereocenters. The summed E-state index contributed by atoms with van der Waals surface area (Å²) in [5.41, 5.74) is 2.28. The van der Waals surface area contributed by atoms with E-state index < -0.39 is 5.41 Å². The summed E-state index contributed by atoms with van der Waals surface area (Å²) in [4.78, 5) is 29.5. The molecule has 1 saturated heterocycles. The second-order valence-corrected chi connectivity index (χ2v) is 12.6. The highest BCUT2D eigenvalue weighted by Crippen LogP contribution is 2.40. The number of fused-ring (bicyclic) bond motifs is 1. The van der Waals surface area contributed by atoms with Crippen molar-refractivity contribution in [3.63, 3.8) is 0 Å². The number of benzene rings is 1. The van der Waals surface area contributed by atoms with Crippen LogP contribution in [0.2, 0.25) is 0 Å². The number of aromatic nitrogens is 2. The van der Waals surface area contributed by atoms with E-state index in [0.717, 1.165) is 61.3 Å². The van der Waals surface area contributed by atoms with Gasteiger partial charge in [0.15, 0.2) is 5.82 Å². The van der Waals surface area contributed by atoms with Crippen LogP contribution in [0.3, 0.4) is 0 Å². The van der Waals surface area contributed by atoms with Crippen LogP contribution in [0.15, 0.2) is 24.4 Å². The van der Waals surface area contributed by atoms with Crippen LogP contribution in [0, 0.1) is 11.3 Å². The summed E-state index contributed by atoms with van der Waals surface area (Å²) in [6, 6.07) is 7.21. The maximum Gasteiger partial charge on any atom is 0.234 e. The molecular formula is C30H43N7O2. The van der Waals surface area contributed by atoms with E-state index in [0.29, 0.717) is 24.6 Å². The van der Waals surface area contributed by atoms with Gasteiger partial charge >= 0.3 is 0 Å². The van der Waals surface area contributed by atoms with Crippen LogP contribution in [0.4, 0.5) is 23.1 Å². The number of likely N-dealkylation sites (tertiary alicyclic amines) is 1. The first-order chi connectivity index (χ1) is 18.8. The van der Waals surface area contributed by atoms with Gasteiger partial charge in [-0.05, 0) is 63.1 Å². The van der Waals surface area contributed by atoms with Crippen LogP contribution in [-0.2, 0) is 11.3 Å². The molecule has 4 aliphatic rings. The zero-order chi connectivity index (χ0) is 27.1. The van der Waals surface area contributed by atoms with Gasteiger partial charge in [0.2, 0.25) is 11.9 Å². The van der Waals surface area contributed by atoms with Crippen molar-refractivity contribution in [2.45, 2.75) is 71.0 Å². The average Bonchev–Trinajstić information content (AvgIpc) is 3.58. The Labute approximate surface area is 232 Å². The molecule has 9 heteroatoms. The number of ether oxygens (including phenoxy) is 1. The molecule has 3 fully saturated rings. The first-order valence-corrected chi connectivity index (χ1v) is 14.6. The van der Waals surface area contributed by atoms with Gasteiger partial charge in [-0.25, -0.2) is 4.98 Å². The molecule has 1 aromatic heterocycles. The maximum absolute atomic E-state index is 13.3. The summed E-state index contributed by atoms with van der Waals surface area (Å²) in [7, 11) is 3.53. The number of hydrogen-bond acceptors (Lipinski definition) is 8. The number of carbonyl (C=O) groups is 1. The van der Waals surface area contributed by atoms with Crippen molar-refractivity contribution >= 4 is 29.0 Å². The lowest BCUT2D eigenvalue weighted by Gasteiger charge is -2.40. The standard InChI is InChI=1S/C30H43N7O2/c1-30(2)19-37(23-7-5-6-8-23)27-25(35(3)28(30)38)15-32-29(34-27)33-24-12-11-21(13-26(24)39-4)14-31-22-17-36(18-22)16-20-9-10-20/h11-13,15,20,22-23,31H,5-10,14,16-19H2,1-4H3,(H,32,33,34). The van der Waals surface area contributed by atoms with E-state index in [1.165, 1.54) is 37.8 Å². The second-order valence-electron chi connectivity index (χ2n) is 12.6. The van der Waals surface area contributed by atoms with Crippen LogP contribution in [0.25, 0.3) is 0 Å². The molecule has 2 aliphatic heterocycles. The smallest absolute Gasteiger partial charge is 0.234 e. The third-order valence-electron chi connectivity index (χ3n) is 8.88. The number of hydrogen-bond donors (Lipinski definition) is 2. The average molecular weight is 534 g/mol. The maximum atomic E-state index is 13.3. The summed E-state index contributed by atoms with van der Waals surface area (Å²) < 4.78 is 5.75. The number of nitrogens with zero attached hydrogens (tertiary/aromatic N) is 5. The van der Waals surface area contributed by atoms with Gasteiger partial charge < -0.3 is 25.2 Å². The summed E-state index contributed by atoms with van der Waals surface area (Å²) >= 11 is 0. The Kier molecular flexibility index (Phi) is 7.14. The van der Waals surface area contributed by atoms with Crippen LogP contribution in [0.5, 0.6) is 5.75 Å². The lowest BCUT2D eigenvalue weighted by atomic mass is 9.91. The van der Waals surface area contributed by atoms with Crippen molar-refractivity contribution in [2.24, 2.45) is 11.3 Å². The van der Waals surface area contributed by atoms with Gasteiger partial charge in [0, 0.05) is 51.9 Å². The van der Waals surface area contributed by atoms with Crippen molar-refractivity contribution in [3.8, 4) is 5.75 Å². The molecule has 0 radical (unpaired) electrons. The molecule has 2 aromatic rings. The number of methoxy groups -OCH3 is 1. The Balaban J connectivity index is 1.17. The van der Waals surface area contributed by atoms with E-state index in [2.05, 4.69) is 37.6 Å². The third kappa shape index (κ3) is 5.57. The van der Waals surface area contributed by atoms with E-state index in [1.807, 2.05) is 27.0 Å². The highest BCUT2D eigenvalue weighted by Gasteiger charge is 2.41. The van der Waals surface area contributed by atoms with E-state index in [-0.39, 0.29) is 5.91 Å². The Hall–Kier alpha value is -2.91. The predicted molar refractivity (Wildman–Crippen MR) is 155 cm³/mol. The van der Waals surface area contributed by atoms with Crippen molar-refractivity contribution in [1.82, 2.24) is 20.2 Å². The van der Waals surface area contributed by atoms with Gasteiger partial charge in [-0.1, -0.05) is 18.9 Å². The molecule has 210 valence electrons. The molecule has 0 bridgehead atoms. The molecule has 2 N–H and O–H groups in total. The number of rotatable bonds is 9. The molecule has 2 aliphatic carbocycles. The molecule has 1 amide bonds. The van der Waals surface area contributed by atoms with Gasteiger partial charge in [-0.3, -0.25) is 9.69 Å². The molecule has 3 heterocycles. The molecular weight excluding hydrogens is 490 g/mol. The quantitative estimate of drug-likeness (QED) is 0.497. The van der Waals surface area contributed by atoms with Gasteiger partial charge in [-0.2, -0.15) is 4.98 Å². The second kappa shape index (κ2) is 10.6. The Morgan fingerprint density at radius 3 is 2.62 bits per heavy atom. The Bertz CT molecular complexity index is 1200. The molecule has 9 nitrogen and oxygen atoms in total. The zero-order valence-corrected chi connectivity index (χ0v) is 23.9. The first kappa shape index (κ1) is 26.3. The lowest BCUT2D eigenvalue weighted by Crippen LogP contribution is -2.57. The third-order valence-corrected chi connectivity index (χ3v) is 8.88. The molecule has 0 unspecified atom stereocenters. The summed E-state index contributed by atoms with van der Waals surface area (Å²) in [6.45, 7) is 9.11. The van der Waals surface area contributed by atoms with E-state index >= 15 is 0 Å². The van der Waals surface area contributed by atoms with Crippen molar-refractivity contribution in [2.75, 3.05) is 55.5 Å². The predicted octanol–water partition coefficient (Wildman–Crippen LogP) is 4.16.